The van der Waals surface area contributed by atoms with Crippen molar-refractivity contribution in [3.8, 4) is 11.1 Å². The second-order valence-corrected chi connectivity index (χ2v) is 10.9. The molecule has 190 valence electrons. The van der Waals surface area contributed by atoms with Crippen molar-refractivity contribution >= 4 is 33.4 Å². The Labute approximate surface area is 219 Å². The lowest BCUT2D eigenvalue weighted by atomic mass is 10.1. The molecule has 1 aliphatic carbocycles. The lowest BCUT2D eigenvalue weighted by molar-refractivity contribution is 0.0729. The normalized spacial score (nSPS) is 15.8. The van der Waals surface area contributed by atoms with Gasteiger partial charge in [0, 0.05) is 43.0 Å². The summed E-state index contributed by atoms with van der Waals surface area (Å²) >= 11 is 1.43. The third-order valence-corrected chi connectivity index (χ3v) is 8.11. The van der Waals surface area contributed by atoms with Gasteiger partial charge in [-0.3, -0.25) is 14.7 Å². The Morgan fingerprint density at radius 3 is 2.76 bits per heavy atom. The summed E-state index contributed by atoms with van der Waals surface area (Å²) in [4.78, 5) is 35.3. The number of amides is 2. The Morgan fingerprint density at radius 2 is 1.97 bits per heavy atom. The molecule has 37 heavy (non-hydrogen) atoms. The molecule has 2 aliphatic rings. The largest absolute Gasteiger partial charge is 0.351 e. The van der Waals surface area contributed by atoms with Crippen LogP contribution in [-0.4, -0.2) is 69.0 Å². The van der Waals surface area contributed by atoms with Crippen LogP contribution in [-0.2, 0) is 6.54 Å². The Morgan fingerprint density at radius 1 is 1.11 bits per heavy atom. The molecular weight excluding hydrogens is 484 g/mol. The van der Waals surface area contributed by atoms with E-state index in [2.05, 4.69) is 31.5 Å². The van der Waals surface area contributed by atoms with Crippen LogP contribution in [0.1, 0.15) is 51.4 Å². The minimum Gasteiger partial charge on any atom is -0.351 e. The minimum atomic E-state index is -0.0649. The van der Waals surface area contributed by atoms with Crippen LogP contribution in [0, 0.1) is 0 Å². The van der Waals surface area contributed by atoms with Gasteiger partial charge in [-0.1, -0.05) is 18.2 Å². The first kappa shape index (κ1) is 23.8. The van der Waals surface area contributed by atoms with E-state index >= 15 is 0 Å². The fourth-order valence-corrected chi connectivity index (χ4v) is 5.88. The van der Waals surface area contributed by atoms with Crippen molar-refractivity contribution in [2.24, 2.45) is 0 Å². The topological polar surface area (TPSA) is 94.2 Å². The smallest absolute Gasteiger partial charge is 0.283 e. The van der Waals surface area contributed by atoms with Crippen molar-refractivity contribution < 1.29 is 9.59 Å². The van der Waals surface area contributed by atoms with Crippen LogP contribution < -0.4 is 5.32 Å². The standard InChI is InChI=1S/C28H30N6O2S/c35-26(29-10-13-33-11-1-2-12-33)21-5-3-4-19(14-21)18-34(23-7-8-23)28(36)27-32-24-9-6-20(15-25(24)37-27)22-16-30-31-17-22/h3-6,9,14-17,23H,1-2,7-8,10-13,18H2,(H,29,35)(H,30,31). The Hall–Kier alpha value is -3.56. The molecule has 8 nitrogen and oxygen atoms in total. The SMILES string of the molecule is O=C(NCCN1CCCC1)c1cccc(CN(C(=O)c2nc3ccc(-c4cn[nH]c4)cc3s2)C2CC2)c1. The van der Waals surface area contributed by atoms with Gasteiger partial charge in [-0.05, 0) is 74.2 Å². The predicted molar refractivity (Wildman–Crippen MR) is 145 cm³/mol. The fraction of sp³-hybridized carbons (Fsp3) is 0.357. The first-order valence-electron chi connectivity index (χ1n) is 12.9. The molecule has 1 saturated carbocycles. The van der Waals surface area contributed by atoms with Gasteiger partial charge in [0.15, 0.2) is 5.01 Å². The molecule has 2 fully saturated rings. The Kier molecular flexibility index (Phi) is 6.72. The second-order valence-electron chi connectivity index (χ2n) is 9.86. The number of aromatic nitrogens is 3. The first-order valence-corrected chi connectivity index (χ1v) is 13.8. The zero-order valence-electron chi connectivity index (χ0n) is 20.7. The summed E-state index contributed by atoms with van der Waals surface area (Å²) in [5.74, 6) is -0.112. The summed E-state index contributed by atoms with van der Waals surface area (Å²) in [6.07, 6.45) is 8.12. The summed E-state index contributed by atoms with van der Waals surface area (Å²) in [6, 6.07) is 13.9. The van der Waals surface area contributed by atoms with Crippen LogP contribution in [0.15, 0.2) is 54.9 Å². The summed E-state index contributed by atoms with van der Waals surface area (Å²) in [5, 5.41) is 10.4. The summed E-state index contributed by atoms with van der Waals surface area (Å²) < 4.78 is 0.977. The van der Waals surface area contributed by atoms with Crippen LogP contribution in [0.25, 0.3) is 21.3 Å². The minimum absolute atomic E-state index is 0.0472. The molecule has 9 heteroatoms. The van der Waals surface area contributed by atoms with Crippen LogP contribution in [0.3, 0.4) is 0 Å². The van der Waals surface area contributed by atoms with Gasteiger partial charge in [-0.15, -0.1) is 11.3 Å². The van der Waals surface area contributed by atoms with Gasteiger partial charge in [-0.25, -0.2) is 4.98 Å². The number of fused-ring (bicyclic) bond motifs is 1. The van der Waals surface area contributed by atoms with E-state index in [0.29, 0.717) is 23.7 Å². The number of rotatable bonds is 9. The van der Waals surface area contributed by atoms with Gasteiger partial charge < -0.3 is 15.1 Å². The number of H-pyrrole nitrogens is 1. The maximum atomic E-state index is 13.6. The maximum Gasteiger partial charge on any atom is 0.283 e. The van der Waals surface area contributed by atoms with Gasteiger partial charge in [0.1, 0.15) is 0 Å². The summed E-state index contributed by atoms with van der Waals surface area (Å²) in [5.41, 5.74) is 4.45. The second kappa shape index (κ2) is 10.4. The van der Waals surface area contributed by atoms with E-state index in [4.69, 9.17) is 0 Å². The number of carbonyl (C=O) groups is 2. The van der Waals surface area contributed by atoms with Gasteiger partial charge in [-0.2, -0.15) is 5.10 Å². The Balaban J connectivity index is 1.15. The molecule has 0 unspecified atom stereocenters. The van der Waals surface area contributed by atoms with Crippen molar-refractivity contribution in [1.29, 1.82) is 0 Å². The first-order chi connectivity index (χ1) is 18.1. The van der Waals surface area contributed by atoms with Crippen LogP contribution in [0.5, 0.6) is 0 Å². The third-order valence-electron chi connectivity index (χ3n) is 7.11. The van der Waals surface area contributed by atoms with Crippen LogP contribution in [0.2, 0.25) is 0 Å². The molecule has 2 aromatic heterocycles. The highest BCUT2D eigenvalue weighted by Gasteiger charge is 2.34. The van der Waals surface area contributed by atoms with Crippen molar-refractivity contribution in [1.82, 2.24) is 30.3 Å². The zero-order valence-corrected chi connectivity index (χ0v) is 21.5. The van der Waals surface area contributed by atoms with Crippen molar-refractivity contribution in [3.05, 3.63) is 71.0 Å². The molecule has 0 spiro atoms. The number of hydrogen-bond donors (Lipinski definition) is 2. The predicted octanol–water partition coefficient (Wildman–Crippen LogP) is 4.32. The molecule has 0 radical (unpaired) electrons. The fourth-order valence-electron chi connectivity index (χ4n) is 4.92. The molecule has 2 amide bonds. The molecule has 6 rings (SSSR count). The van der Waals surface area contributed by atoms with E-state index in [1.54, 1.807) is 6.20 Å². The average Bonchev–Trinajstić information content (AvgIpc) is 3.31. The molecule has 0 bridgehead atoms. The van der Waals surface area contributed by atoms with E-state index in [0.717, 1.165) is 59.4 Å². The highest BCUT2D eigenvalue weighted by atomic mass is 32.1. The molecule has 1 aliphatic heterocycles. The van der Waals surface area contributed by atoms with Gasteiger partial charge >= 0.3 is 0 Å². The highest BCUT2D eigenvalue weighted by Crippen LogP contribution is 2.33. The van der Waals surface area contributed by atoms with E-state index < -0.39 is 0 Å². The molecule has 0 atom stereocenters. The third kappa shape index (κ3) is 5.42. The average molecular weight is 515 g/mol. The monoisotopic (exact) mass is 514 g/mol. The number of likely N-dealkylation sites (tertiary alicyclic amines) is 1. The number of nitrogens with zero attached hydrogens (tertiary/aromatic N) is 4. The summed E-state index contributed by atoms with van der Waals surface area (Å²) in [6.45, 7) is 4.25. The molecule has 2 aromatic carbocycles. The zero-order chi connectivity index (χ0) is 25.2. The van der Waals surface area contributed by atoms with E-state index in [-0.39, 0.29) is 17.9 Å². The van der Waals surface area contributed by atoms with E-state index in [1.165, 1.54) is 24.2 Å². The van der Waals surface area contributed by atoms with Crippen LogP contribution in [0.4, 0.5) is 0 Å². The lowest BCUT2D eigenvalue weighted by Gasteiger charge is -2.21. The summed E-state index contributed by atoms with van der Waals surface area (Å²) in [7, 11) is 0. The maximum absolute atomic E-state index is 13.6. The van der Waals surface area contributed by atoms with Gasteiger partial charge in [0.2, 0.25) is 0 Å². The van der Waals surface area contributed by atoms with Crippen molar-refractivity contribution in [2.75, 3.05) is 26.2 Å². The van der Waals surface area contributed by atoms with E-state index in [9.17, 15) is 9.59 Å². The number of thiazole rings is 1. The molecule has 2 N–H and O–H groups in total. The molecule has 3 heterocycles. The Bertz CT molecular complexity index is 1410. The molecule has 1 saturated heterocycles. The van der Waals surface area contributed by atoms with Crippen molar-refractivity contribution in [2.45, 2.75) is 38.3 Å². The van der Waals surface area contributed by atoms with Gasteiger partial charge in [0.25, 0.3) is 11.8 Å². The number of hydrogen-bond acceptors (Lipinski definition) is 6. The molecular formula is C28H30N6O2S. The number of nitrogens with one attached hydrogen (secondary N) is 2. The van der Waals surface area contributed by atoms with Gasteiger partial charge in [0.05, 0.1) is 16.4 Å². The van der Waals surface area contributed by atoms with Crippen molar-refractivity contribution in [3.63, 3.8) is 0 Å². The van der Waals surface area contributed by atoms with E-state index in [1.807, 2.05) is 47.5 Å². The number of benzene rings is 2. The van der Waals surface area contributed by atoms with Crippen LogP contribution >= 0.6 is 11.3 Å². The lowest BCUT2D eigenvalue weighted by Crippen LogP contribution is -2.34. The number of aromatic amines is 1. The molecule has 4 aromatic rings. The quantitative estimate of drug-likeness (QED) is 0.347. The number of carbonyl (C=O) groups excluding carboxylic acids is 2. The highest BCUT2D eigenvalue weighted by molar-refractivity contribution is 7.20.